The average molecular weight is 469 g/mol. The van der Waals surface area contributed by atoms with Crippen LogP contribution in [0.2, 0.25) is 10.0 Å². The topological polar surface area (TPSA) is 76.7 Å². The van der Waals surface area contributed by atoms with Gasteiger partial charge in [-0.1, -0.05) is 47.5 Å². The van der Waals surface area contributed by atoms with Crippen molar-refractivity contribution >= 4 is 58.0 Å². The van der Waals surface area contributed by atoms with E-state index in [-0.39, 0.29) is 18.4 Å². The van der Waals surface area contributed by atoms with Crippen molar-refractivity contribution in [3.05, 3.63) is 81.8 Å². The van der Waals surface area contributed by atoms with Gasteiger partial charge in [0.1, 0.15) is 0 Å². The fourth-order valence-corrected chi connectivity index (χ4v) is 3.55. The molecule has 0 unspecified atom stereocenters. The first-order chi connectivity index (χ1) is 15.4. The van der Waals surface area contributed by atoms with Gasteiger partial charge >= 0.3 is 0 Å². The number of methoxy groups -OCH3 is 1. The second kappa shape index (κ2) is 9.34. The molecule has 0 bridgehead atoms. The van der Waals surface area contributed by atoms with E-state index in [0.29, 0.717) is 32.8 Å². The largest absolute Gasteiger partial charge is 0.493 e. The van der Waals surface area contributed by atoms with Gasteiger partial charge in [0.25, 0.3) is 11.8 Å². The first-order valence-electron chi connectivity index (χ1n) is 9.63. The van der Waals surface area contributed by atoms with Crippen LogP contribution in [0.1, 0.15) is 11.1 Å². The molecule has 0 atom stereocenters. The molecule has 4 rings (SSSR count). The molecule has 2 N–H and O–H groups in total. The summed E-state index contributed by atoms with van der Waals surface area (Å²) in [6, 6.07) is 17.5. The molecule has 0 aromatic heterocycles. The van der Waals surface area contributed by atoms with Crippen molar-refractivity contribution in [3.63, 3.8) is 0 Å². The average Bonchev–Trinajstić information content (AvgIpc) is 3.10. The number of nitrogens with one attached hydrogen (secondary N) is 2. The van der Waals surface area contributed by atoms with Gasteiger partial charge in [0.2, 0.25) is 0 Å². The monoisotopic (exact) mass is 468 g/mol. The number of amides is 2. The molecule has 1 heterocycles. The summed E-state index contributed by atoms with van der Waals surface area (Å²) in [5.74, 6) is 0.309. The van der Waals surface area contributed by atoms with Crippen LogP contribution in [0.15, 0.2) is 60.7 Å². The minimum absolute atomic E-state index is 0.163. The minimum atomic E-state index is -0.365. The van der Waals surface area contributed by atoms with Crippen LogP contribution in [-0.4, -0.2) is 25.5 Å². The summed E-state index contributed by atoms with van der Waals surface area (Å²) < 4.78 is 11.0. The SMILES string of the molecule is COc1cc(/C=C2\C(=O)Nc3ccccc32)ccc1OCC(=O)Nc1ccc(Cl)c(Cl)c1. The van der Waals surface area contributed by atoms with Crippen molar-refractivity contribution in [2.45, 2.75) is 0 Å². The van der Waals surface area contributed by atoms with Crippen molar-refractivity contribution in [1.29, 1.82) is 0 Å². The van der Waals surface area contributed by atoms with E-state index in [4.69, 9.17) is 32.7 Å². The molecular formula is C24H18Cl2N2O4. The van der Waals surface area contributed by atoms with Gasteiger partial charge in [-0.25, -0.2) is 0 Å². The molecule has 1 aliphatic rings. The number of carbonyl (C=O) groups excluding carboxylic acids is 2. The lowest BCUT2D eigenvalue weighted by molar-refractivity contribution is -0.118. The van der Waals surface area contributed by atoms with E-state index in [2.05, 4.69) is 10.6 Å². The lowest BCUT2D eigenvalue weighted by atomic mass is 10.0. The molecule has 6 nitrogen and oxygen atoms in total. The van der Waals surface area contributed by atoms with Crippen LogP contribution in [0.3, 0.4) is 0 Å². The van der Waals surface area contributed by atoms with Crippen LogP contribution in [0.25, 0.3) is 11.6 Å². The van der Waals surface area contributed by atoms with Gasteiger partial charge in [0, 0.05) is 22.5 Å². The van der Waals surface area contributed by atoms with Gasteiger partial charge in [-0.3, -0.25) is 9.59 Å². The van der Waals surface area contributed by atoms with E-state index in [1.165, 1.54) is 7.11 Å². The van der Waals surface area contributed by atoms with Crippen molar-refractivity contribution < 1.29 is 19.1 Å². The summed E-state index contributed by atoms with van der Waals surface area (Å²) in [6.45, 7) is -0.229. The Morgan fingerprint density at radius 3 is 2.62 bits per heavy atom. The zero-order valence-corrected chi connectivity index (χ0v) is 18.5. The quantitative estimate of drug-likeness (QED) is 0.467. The second-order valence-corrected chi connectivity index (χ2v) is 7.75. The number of anilines is 2. The number of benzene rings is 3. The van der Waals surface area contributed by atoms with E-state index in [1.54, 1.807) is 42.5 Å². The normalized spacial score (nSPS) is 13.5. The zero-order chi connectivity index (χ0) is 22.7. The summed E-state index contributed by atoms with van der Waals surface area (Å²) in [5, 5.41) is 6.28. The molecule has 0 saturated carbocycles. The molecule has 0 saturated heterocycles. The first kappa shape index (κ1) is 21.7. The van der Waals surface area contributed by atoms with E-state index < -0.39 is 0 Å². The summed E-state index contributed by atoms with van der Waals surface area (Å²) in [7, 11) is 1.51. The number of para-hydroxylation sites is 1. The summed E-state index contributed by atoms with van der Waals surface area (Å²) in [5.41, 5.74) is 3.46. The van der Waals surface area contributed by atoms with E-state index in [1.807, 2.05) is 24.3 Å². The van der Waals surface area contributed by atoms with Crippen LogP contribution in [0.4, 0.5) is 11.4 Å². The highest BCUT2D eigenvalue weighted by molar-refractivity contribution is 6.42. The van der Waals surface area contributed by atoms with E-state index in [0.717, 1.165) is 16.8 Å². The molecule has 1 aliphatic heterocycles. The fourth-order valence-electron chi connectivity index (χ4n) is 3.26. The number of hydrogen-bond acceptors (Lipinski definition) is 4. The molecule has 0 radical (unpaired) electrons. The third kappa shape index (κ3) is 4.72. The molecule has 162 valence electrons. The van der Waals surface area contributed by atoms with Crippen LogP contribution in [0.5, 0.6) is 11.5 Å². The maximum absolute atomic E-state index is 12.3. The number of fused-ring (bicyclic) bond motifs is 1. The number of rotatable bonds is 6. The molecule has 3 aromatic carbocycles. The Morgan fingerprint density at radius 1 is 1.03 bits per heavy atom. The Labute approximate surface area is 194 Å². The third-order valence-corrected chi connectivity index (χ3v) is 5.51. The third-order valence-electron chi connectivity index (χ3n) is 4.77. The van der Waals surface area contributed by atoms with Crippen molar-refractivity contribution in [2.75, 3.05) is 24.4 Å². The Balaban J connectivity index is 1.46. The Kier molecular flexibility index (Phi) is 6.35. The van der Waals surface area contributed by atoms with Gasteiger partial charge in [-0.05, 0) is 48.0 Å². The summed E-state index contributed by atoms with van der Waals surface area (Å²) in [6.07, 6.45) is 1.78. The van der Waals surface area contributed by atoms with Crippen molar-refractivity contribution in [3.8, 4) is 11.5 Å². The smallest absolute Gasteiger partial charge is 0.262 e. The van der Waals surface area contributed by atoms with Crippen LogP contribution >= 0.6 is 23.2 Å². The molecule has 32 heavy (non-hydrogen) atoms. The van der Waals surface area contributed by atoms with Gasteiger partial charge < -0.3 is 20.1 Å². The van der Waals surface area contributed by atoms with Crippen molar-refractivity contribution in [1.82, 2.24) is 0 Å². The van der Waals surface area contributed by atoms with E-state index >= 15 is 0 Å². The number of halogens is 2. The Bertz CT molecular complexity index is 1240. The Hall–Kier alpha value is -3.48. The minimum Gasteiger partial charge on any atom is -0.493 e. The maximum Gasteiger partial charge on any atom is 0.262 e. The highest BCUT2D eigenvalue weighted by Gasteiger charge is 2.23. The van der Waals surface area contributed by atoms with Crippen LogP contribution in [0, 0.1) is 0 Å². The number of ether oxygens (including phenoxy) is 2. The van der Waals surface area contributed by atoms with Gasteiger partial charge in [-0.15, -0.1) is 0 Å². The maximum atomic E-state index is 12.3. The van der Waals surface area contributed by atoms with Crippen LogP contribution < -0.4 is 20.1 Å². The molecule has 0 fully saturated rings. The zero-order valence-electron chi connectivity index (χ0n) is 16.9. The Morgan fingerprint density at radius 2 is 1.84 bits per heavy atom. The highest BCUT2D eigenvalue weighted by atomic mass is 35.5. The molecule has 8 heteroatoms. The van der Waals surface area contributed by atoms with Crippen molar-refractivity contribution in [2.24, 2.45) is 0 Å². The molecule has 0 spiro atoms. The van der Waals surface area contributed by atoms with Crippen LogP contribution in [-0.2, 0) is 9.59 Å². The lowest BCUT2D eigenvalue weighted by Gasteiger charge is -2.12. The number of hydrogen-bond donors (Lipinski definition) is 2. The second-order valence-electron chi connectivity index (χ2n) is 6.93. The molecule has 2 amide bonds. The lowest BCUT2D eigenvalue weighted by Crippen LogP contribution is -2.20. The predicted molar refractivity (Wildman–Crippen MR) is 127 cm³/mol. The molecular weight excluding hydrogens is 451 g/mol. The molecule has 0 aliphatic carbocycles. The highest BCUT2D eigenvalue weighted by Crippen LogP contribution is 2.35. The first-order valence-corrected chi connectivity index (χ1v) is 10.4. The summed E-state index contributed by atoms with van der Waals surface area (Å²) in [4.78, 5) is 24.6. The predicted octanol–water partition coefficient (Wildman–Crippen LogP) is 5.51. The fraction of sp³-hybridized carbons (Fsp3) is 0.0833. The van der Waals surface area contributed by atoms with Gasteiger partial charge in [0.05, 0.1) is 17.2 Å². The number of carbonyl (C=O) groups is 2. The van der Waals surface area contributed by atoms with Gasteiger partial charge in [-0.2, -0.15) is 0 Å². The van der Waals surface area contributed by atoms with E-state index in [9.17, 15) is 9.59 Å². The standard InChI is InChI=1S/C24H18Cl2N2O4/c1-31-22-11-14(10-17-16-4-2-3-5-20(16)28-24(17)30)6-9-21(22)32-13-23(29)27-15-7-8-18(25)19(26)12-15/h2-12H,13H2,1H3,(H,27,29)(H,28,30)/b17-10-. The van der Waals surface area contributed by atoms with Gasteiger partial charge in [0.15, 0.2) is 18.1 Å². The molecule has 3 aromatic rings. The summed E-state index contributed by atoms with van der Waals surface area (Å²) >= 11 is 11.8.